The Morgan fingerprint density at radius 2 is 1.68 bits per heavy atom. The standard InChI is InChI=1S/C15H21O3P/c1-10-8-12(17-2)14(13(9-10)18-3)15(16)19-11-6-4-5-7-11/h8-9,11,16H,4-7H2,1-3H3/p-1. The molecule has 1 aliphatic carbocycles. The van der Waals surface area contributed by atoms with Crippen molar-refractivity contribution in [3.05, 3.63) is 23.3 Å². The van der Waals surface area contributed by atoms with Crippen LogP contribution in [-0.2, 0) is 0 Å². The van der Waals surface area contributed by atoms with Gasteiger partial charge in [0, 0.05) is 5.56 Å². The van der Waals surface area contributed by atoms with Gasteiger partial charge in [0.1, 0.15) is 11.5 Å². The molecule has 1 saturated carbocycles. The van der Waals surface area contributed by atoms with Gasteiger partial charge in [-0.1, -0.05) is 12.8 Å². The Kier molecular flexibility index (Phi) is 4.84. The van der Waals surface area contributed by atoms with E-state index in [2.05, 4.69) is 0 Å². The molecule has 3 nitrogen and oxygen atoms in total. The second-order valence-corrected chi connectivity index (χ2v) is 6.31. The summed E-state index contributed by atoms with van der Waals surface area (Å²) >= 11 is 0. The first-order chi connectivity index (χ1) is 9.15. The van der Waals surface area contributed by atoms with E-state index in [1.807, 2.05) is 19.1 Å². The Morgan fingerprint density at radius 1 is 1.16 bits per heavy atom. The van der Waals surface area contributed by atoms with Gasteiger partial charge in [0.05, 0.1) is 14.2 Å². The third-order valence-corrected chi connectivity index (χ3v) is 4.83. The largest absolute Gasteiger partial charge is 0.823 e. The lowest BCUT2D eigenvalue weighted by molar-refractivity contribution is -0.207. The molecule has 1 aromatic carbocycles. The molecule has 0 aliphatic heterocycles. The van der Waals surface area contributed by atoms with Crippen molar-refractivity contribution in [3.8, 4) is 11.5 Å². The van der Waals surface area contributed by atoms with Crippen molar-refractivity contribution in [2.24, 2.45) is 0 Å². The molecule has 2 rings (SSSR count). The van der Waals surface area contributed by atoms with Crippen molar-refractivity contribution in [3.63, 3.8) is 0 Å². The van der Waals surface area contributed by atoms with Crippen LogP contribution >= 0.6 is 8.20 Å². The topological polar surface area (TPSA) is 41.5 Å². The summed E-state index contributed by atoms with van der Waals surface area (Å²) in [6.07, 6.45) is 4.80. The lowest BCUT2D eigenvalue weighted by Gasteiger charge is -2.21. The maximum absolute atomic E-state index is 12.5. The van der Waals surface area contributed by atoms with Crippen molar-refractivity contribution < 1.29 is 14.6 Å². The van der Waals surface area contributed by atoms with Crippen LogP contribution in [0.1, 0.15) is 36.8 Å². The molecule has 4 heteroatoms. The van der Waals surface area contributed by atoms with Gasteiger partial charge in [0.25, 0.3) is 0 Å². The van der Waals surface area contributed by atoms with E-state index in [1.54, 1.807) is 14.2 Å². The van der Waals surface area contributed by atoms with Gasteiger partial charge in [0.15, 0.2) is 0 Å². The van der Waals surface area contributed by atoms with Gasteiger partial charge in [-0.3, -0.25) is 0 Å². The second kappa shape index (κ2) is 6.40. The van der Waals surface area contributed by atoms with Crippen molar-refractivity contribution >= 4 is 13.7 Å². The summed E-state index contributed by atoms with van der Waals surface area (Å²) in [5.74, 6) is 1.24. The van der Waals surface area contributed by atoms with Crippen LogP contribution in [0.5, 0.6) is 11.5 Å². The number of aryl methyl sites for hydroxylation is 1. The summed E-state index contributed by atoms with van der Waals surface area (Å²) in [6.45, 7) is 1.97. The molecule has 0 radical (unpaired) electrons. The Labute approximate surface area is 116 Å². The lowest BCUT2D eigenvalue weighted by atomic mass is 10.1. The third kappa shape index (κ3) is 3.29. The molecule has 0 bridgehead atoms. The fraction of sp³-hybridized carbons (Fsp3) is 0.533. The highest BCUT2D eigenvalue weighted by Gasteiger charge is 2.15. The first-order valence-electron chi connectivity index (χ1n) is 6.63. The first-order valence-corrected chi connectivity index (χ1v) is 7.60. The molecule has 19 heavy (non-hydrogen) atoms. The molecule has 1 fully saturated rings. The van der Waals surface area contributed by atoms with Gasteiger partial charge in [-0.2, -0.15) is 0 Å². The van der Waals surface area contributed by atoms with E-state index in [4.69, 9.17) is 9.47 Å². The van der Waals surface area contributed by atoms with Gasteiger partial charge in [-0.05, 0) is 43.1 Å². The Morgan fingerprint density at radius 3 is 2.16 bits per heavy atom. The first kappa shape index (κ1) is 14.4. The van der Waals surface area contributed by atoms with E-state index in [1.165, 1.54) is 12.8 Å². The van der Waals surface area contributed by atoms with Crippen LogP contribution in [0.3, 0.4) is 0 Å². The normalized spacial score (nSPS) is 16.7. The smallest absolute Gasteiger partial charge is 0.129 e. The van der Waals surface area contributed by atoms with Gasteiger partial charge in [-0.25, -0.2) is 0 Å². The lowest BCUT2D eigenvalue weighted by Crippen LogP contribution is -2.19. The van der Waals surface area contributed by atoms with Crippen LogP contribution < -0.4 is 14.6 Å². The molecule has 0 amide bonds. The zero-order chi connectivity index (χ0) is 13.8. The summed E-state index contributed by atoms with van der Waals surface area (Å²) in [7, 11) is 4.07. The predicted octanol–water partition coefficient (Wildman–Crippen LogP) is 2.74. The van der Waals surface area contributed by atoms with E-state index < -0.39 is 0 Å². The third-order valence-electron chi connectivity index (χ3n) is 3.49. The summed E-state index contributed by atoms with van der Waals surface area (Å²) < 4.78 is 10.7. The monoisotopic (exact) mass is 279 g/mol. The number of ether oxygens (including phenoxy) is 2. The molecular formula is C15H20O3P-. The molecule has 1 aromatic rings. The Balaban J connectivity index is 2.41. The van der Waals surface area contributed by atoms with Crippen LogP contribution in [0.25, 0.3) is 0 Å². The van der Waals surface area contributed by atoms with E-state index in [-0.39, 0.29) is 5.48 Å². The Bertz CT molecular complexity index is 451. The maximum atomic E-state index is 12.5. The fourth-order valence-electron chi connectivity index (χ4n) is 2.52. The van der Waals surface area contributed by atoms with Crippen LogP contribution in [-0.4, -0.2) is 25.4 Å². The number of hydrogen-bond acceptors (Lipinski definition) is 3. The van der Waals surface area contributed by atoms with Gasteiger partial charge in [-0.15, -0.1) is 13.7 Å². The molecule has 104 valence electrons. The second-order valence-electron chi connectivity index (χ2n) is 4.92. The van der Waals surface area contributed by atoms with Crippen molar-refractivity contribution in [2.45, 2.75) is 38.3 Å². The van der Waals surface area contributed by atoms with E-state index >= 15 is 0 Å². The minimum Gasteiger partial charge on any atom is -0.823 e. The van der Waals surface area contributed by atoms with E-state index in [0.717, 1.165) is 26.6 Å². The minimum absolute atomic E-state index is 0.112. The van der Waals surface area contributed by atoms with Crippen LogP contribution in [0.2, 0.25) is 0 Å². The molecule has 0 aromatic heterocycles. The Hall–Kier alpha value is -1.05. The maximum Gasteiger partial charge on any atom is 0.129 e. The van der Waals surface area contributed by atoms with Crippen LogP contribution in [0, 0.1) is 6.92 Å². The number of rotatable bonds is 4. The molecule has 1 aliphatic rings. The zero-order valence-electron chi connectivity index (χ0n) is 11.7. The molecule has 0 unspecified atom stereocenters. The van der Waals surface area contributed by atoms with Crippen LogP contribution in [0.15, 0.2) is 12.1 Å². The molecule has 0 heterocycles. The number of methoxy groups -OCH3 is 2. The molecule has 0 spiro atoms. The summed E-state index contributed by atoms with van der Waals surface area (Å²) in [6, 6.07) is 3.78. The number of hydrogen-bond donors (Lipinski definition) is 0. The van der Waals surface area contributed by atoms with Crippen molar-refractivity contribution in [1.29, 1.82) is 0 Å². The van der Waals surface area contributed by atoms with Gasteiger partial charge >= 0.3 is 0 Å². The summed E-state index contributed by atoms with van der Waals surface area (Å²) in [5, 5.41) is 12.5. The number of benzene rings is 1. The summed E-state index contributed by atoms with van der Waals surface area (Å²) in [4.78, 5) is 0. The predicted molar refractivity (Wildman–Crippen MR) is 77.6 cm³/mol. The van der Waals surface area contributed by atoms with Crippen LogP contribution in [0.4, 0.5) is 0 Å². The van der Waals surface area contributed by atoms with E-state index in [0.29, 0.717) is 22.7 Å². The van der Waals surface area contributed by atoms with Gasteiger partial charge in [0.2, 0.25) is 0 Å². The zero-order valence-corrected chi connectivity index (χ0v) is 12.6. The molecule has 0 atom stereocenters. The highest BCUT2D eigenvalue weighted by Crippen LogP contribution is 2.35. The van der Waals surface area contributed by atoms with Crippen molar-refractivity contribution in [1.82, 2.24) is 0 Å². The average molecular weight is 279 g/mol. The molecule has 0 saturated heterocycles. The average Bonchev–Trinajstić information content (AvgIpc) is 2.90. The fourth-order valence-corrected chi connectivity index (χ4v) is 3.82. The quantitative estimate of drug-likeness (QED) is 0.796. The highest BCUT2D eigenvalue weighted by molar-refractivity contribution is 7.41. The van der Waals surface area contributed by atoms with Gasteiger partial charge < -0.3 is 14.6 Å². The molecular weight excluding hydrogens is 259 g/mol. The summed E-state index contributed by atoms with van der Waals surface area (Å²) in [5.41, 5.74) is 2.23. The van der Waals surface area contributed by atoms with Crippen molar-refractivity contribution in [2.75, 3.05) is 14.2 Å². The van der Waals surface area contributed by atoms with E-state index in [9.17, 15) is 5.11 Å². The molecule has 0 N–H and O–H groups in total. The highest BCUT2D eigenvalue weighted by atomic mass is 31.1. The SMILES string of the molecule is COc1cc(C)cc(OC)c1C([O-])=PC1CCCC1. The minimum atomic E-state index is 0.112.